The number of benzene rings is 2. The zero-order chi connectivity index (χ0) is 17.3. The first-order valence-corrected chi connectivity index (χ1v) is 9.78. The zero-order valence-corrected chi connectivity index (χ0v) is 14.4. The molecular formula is C15H18N2O4S2. The van der Waals surface area contributed by atoms with Crippen molar-refractivity contribution in [3.05, 3.63) is 60.2 Å². The van der Waals surface area contributed by atoms with Crippen LogP contribution in [0, 0.1) is 0 Å². The molecule has 0 aliphatic heterocycles. The number of nitrogens with two attached hydrogens (primary N) is 1. The molecule has 0 spiro atoms. The molecule has 0 saturated carbocycles. The standard InChI is InChI=1S/C15H18N2O4S2/c1-12(13-7-4-3-5-8-13)17(2)23(20,21)15-10-6-9-14(11-15)22(16,18)19/h3-12H,1-2H3,(H2,16,18,19)/t12-/m1/s1. The molecule has 1 atom stereocenters. The van der Waals surface area contributed by atoms with E-state index in [1.165, 1.54) is 29.6 Å². The van der Waals surface area contributed by atoms with Crippen molar-refractivity contribution in [3.63, 3.8) is 0 Å². The van der Waals surface area contributed by atoms with Gasteiger partial charge in [0.05, 0.1) is 9.79 Å². The molecule has 0 saturated heterocycles. The summed E-state index contributed by atoms with van der Waals surface area (Å²) in [5.41, 5.74) is 0.834. The van der Waals surface area contributed by atoms with Crippen LogP contribution in [0.25, 0.3) is 0 Å². The van der Waals surface area contributed by atoms with Gasteiger partial charge < -0.3 is 0 Å². The van der Waals surface area contributed by atoms with Crippen LogP contribution in [0.3, 0.4) is 0 Å². The lowest BCUT2D eigenvalue weighted by Crippen LogP contribution is -2.30. The molecule has 2 aromatic carbocycles. The Balaban J connectivity index is 2.42. The highest BCUT2D eigenvalue weighted by Crippen LogP contribution is 2.26. The smallest absolute Gasteiger partial charge is 0.225 e. The first-order valence-electron chi connectivity index (χ1n) is 6.80. The summed E-state index contributed by atoms with van der Waals surface area (Å²) in [6.45, 7) is 1.76. The van der Waals surface area contributed by atoms with Crippen LogP contribution in [0.15, 0.2) is 64.4 Å². The summed E-state index contributed by atoms with van der Waals surface area (Å²) in [7, 11) is -6.37. The molecule has 0 heterocycles. The third-order valence-corrected chi connectivity index (χ3v) is 6.47. The monoisotopic (exact) mass is 354 g/mol. The van der Waals surface area contributed by atoms with Gasteiger partial charge in [-0.05, 0) is 30.7 Å². The van der Waals surface area contributed by atoms with Gasteiger partial charge >= 0.3 is 0 Å². The minimum atomic E-state index is -3.97. The van der Waals surface area contributed by atoms with E-state index >= 15 is 0 Å². The third-order valence-electron chi connectivity index (χ3n) is 3.64. The molecule has 2 rings (SSSR count). The number of primary sulfonamides is 1. The lowest BCUT2D eigenvalue weighted by Gasteiger charge is -2.24. The van der Waals surface area contributed by atoms with Crippen molar-refractivity contribution in [3.8, 4) is 0 Å². The fourth-order valence-electron chi connectivity index (χ4n) is 2.13. The van der Waals surface area contributed by atoms with Crippen molar-refractivity contribution >= 4 is 20.0 Å². The molecule has 0 aliphatic carbocycles. The number of nitrogens with zero attached hydrogens (tertiary/aromatic N) is 1. The van der Waals surface area contributed by atoms with Crippen LogP contribution in [0.5, 0.6) is 0 Å². The normalized spacial score (nSPS) is 13.9. The van der Waals surface area contributed by atoms with E-state index in [1.54, 1.807) is 6.92 Å². The second-order valence-corrected chi connectivity index (χ2v) is 8.69. The molecule has 0 unspecified atom stereocenters. The molecular weight excluding hydrogens is 336 g/mol. The summed E-state index contributed by atoms with van der Waals surface area (Å²) in [5.74, 6) is 0. The van der Waals surface area contributed by atoms with Crippen molar-refractivity contribution in [2.75, 3.05) is 7.05 Å². The predicted molar refractivity (Wildman–Crippen MR) is 87.6 cm³/mol. The molecule has 0 aliphatic rings. The number of sulfonamides is 2. The fourth-order valence-corrected chi connectivity index (χ4v) is 4.16. The van der Waals surface area contributed by atoms with E-state index in [-0.39, 0.29) is 9.79 Å². The summed E-state index contributed by atoms with van der Waals surface area (Å²) in [6, 6.07) is 13.8. The van der Waals surface area contributed by atoms with Gasteiger partial charge in [0.1, 0.15) is 0 Å². The topological polar surface area (TPSA) is 97.5 Å². The Hall–Kier alpha value is -1.74. The van der Waals surface area contributed by atoms with Gasteiger partial charge in [-0.3, -0.25) is 0 Å². The van der Waals surface area contributed by atoms with Crippen molar-refractivity contribution in [2.24, 2.45) is 5.14 Å². The van der Waals surface area contributed by atoms with Gasteiger partial charge in [0.25, 0.3) is 0 Å². The van der Waals surface area contributed by atoms with Crippen LogP contribution >= 0.6 is 0 Å². The van der Waals surface area contributed by atoms with Gasteiger partial charge in [-0.25, -0.2) is 22.0 Å². The Morgan fingerprint density at radius 3 is 2.04 bits per heavy atom. The highest BCUT2D eigenvalue weighted by Gasteiger charge is 2.27. The SMILES string of the molecule is C[C@H](c1ccccc1)N(C)S(=O)(=O)c1cccc(S(N)(=O)=O)c1. The van der Waals surface area contributed by atoms with E-state index in [0.717, 1.165) is 11.6 Å². The fraction of sp³-hybridized carbons (Fsp3) is 0.200. The first-order chi connectivity index (χ1) is 10.6. The molecule has 2 aromatic rings. The van der Waals surface area contributed by atoms with E-state index in [0.29, 0.717) is 0 Å². The van der Waals surface area contributed by atoms with E-state index in [1.807, 2.05) is 30.3 Å². The van der Waals surface area contributed by atoms with Gasteiger partial charge in [0.2, 0.25) is 20.0 Å². The Morgan fingerprint density at radius 1 is 0.913 bits per heavy atom. The molecule has 0 aromatic heterocycles. The Kier molecular flexibility index (Phi) is 4.90. The van der Waals surface area contributed by atoms with Crippen molar-refractivity contribution in [2.45, 2.75) is 22.8 Å². The largest absolute Gasteiger partial charge is 0.243 e. The minimum absolute atomic E-state index is 0.116. The minimum Gasteiger partial charge on any atom is -0.225 e. The van der Waals surface area contributed by atoms with Crippen LogP contribution < -0.4 is 5.14 Å². The second kappa shape index (κ2) is 6.40. The van der Waals surface area contributed by atoms with Crippen molar-refractivity contribution in [1.82, 2.24) is 4.31 Å². The highest BCUT2D eigenvalue weighted by molar-refractivity contribution is 7.90. The molecule has 0 radical (unpaired) electrons. The third kappa shape index (κ3) is 3.78. The lowest BCUT2D eigenvalue weighted by atomic mass is 10.1. The van der Waals surface area contributed by atoms with Gasteiger partial charge in [-0.15, -0.1) is 0 Å². The van der Waals surface area contributed by atoms with Gasteiger partial charge in [0, 0.05) is 13.1 Å². The Labute approximate surface area is 136 Å². The van der Waals surface area contributed by atoms with E-state index < -0.39 is 26.1 Å². The second-order valence-electron chi connectivity index (χ2n) is 5.13. The van der Waals surface area contributed by atoms with Gasteiger partial charge in [-0.2, -0.15) is 4.31 Å². The molecule has 0 bridgehead atoms. The lowest BCUT2D eigenvalue weighted by molar-refractivity contribution is 0.398. The Bertz CT molecular complexity index is 894. The maximum Gasteiger partial charge on any atom is 0.243 e. The van der Waals surface area contributed by atoms with Crippen molar-refractivity contribution in [1.29, 1.82) is 0 Å². The summed E-state index contributed by atoms with van der Waals surface area (Å²) in [5, 5.41) is 5.06. The summed E-state index contributed by atoms with van der Waals surface area (Å²) in [6.07, 6.45) is 0. The van der Waals surface area contributed by atoms with E-state index in [9.17, 15) is 16.8 Å². The van der Waals surface area contributed by atoms with Crippen LogP contribution in [0.4, 0.5) is 0 Å². The van der Waals surface area contributed by atoms with E-state index in [4.69, 9.17) is 5.14 Å². The van der Waals surface area contributed by atoms with Gasteiger partial charge in [-0.1, -0.05) is 36.4 Å². The first kappa shape index (κ1) is 17.6. The molecule has 23 heavy (non-hydrogen) atoms. The van der Waals surface area contributed by atoms with E-state index in [2.05, 4.69) is 0 Å². The molecule has 6 nitrogen and oxygen atoms in total. The zero-order valence-electron chi connectivity index (χ0n) is 12.7. The number of hydrogen-bond acceptors (Lipinski definition) is 4. The molecule has 2 N–H and O–H groups in total. The van der Waals surface area contributed by atoms with Crippen LogP contribution in [-0.2, 0) is 20.0 Å². The van der Waals surface area contributed by atoms with Crippen LogP contribution in [0.1, 0.15) is 18.5 Å². The summed E-state index contributed by atoms with van der Waals surface area (Å²) in [4.78, 5) is -0.353. The number of rotatable bonds is 5. The van der Waals surface area contributed by atoms with Crippen molar-refractivity contribution < 1.29 is 16.8 Å². The predicted octanol–water partition coefficient (Wildman–Crippen LogP) is 1.72. The van der Waals surface area contributed by atoms with Crippen LogP contribution in [0.2, 0.25) is 0 Å². The molecule has 0 amide bonds. The molecule has 124 valence electrons. The highest BCUT2D eigenvalue weighted by atomic mass is 32.2. The maximum absolute atomic E-state index is 12.7. The maximum atomic E-state index is 12.7. The molecule has 0 fully saturated rings. The number of hydrogen-bond donors (Lipinski definition) is 1. The average Bonchev–Trinajstić information content (AvgIpc) is 2.53. The quantitative estimate of drug-likeness (QED) is 0.884. The van der Waals surface area contributed by atoms with Crippen LogP contribution in [-0.4, -0.2) is 28.2 Å². The average molecular weight is 354 g/mol. The van der Waals surface area contributed by atoms with Gasteiger partial charge in [0.15, 0.2) is 0 Å². The summed E-state index contributed by atoms with van der Waals surface area (Å²) < 4.78 is 49.4. The molecule has 8 heteroatoms. The Morgan fingerprint density at radius 2 is 1.48 bits per heavy atom. The summed E-state index contributed by atoms with van der Waals surface area (Å²) >= 11 is 0.